The van der Waals surface area contributed by atoms with Gasteiger partial charge in [0, 0.05) is 23.8 Å². The number of hydrogen-bond acceptors (Lipinski definition) is 8. The first-order valence-corrected chi connectivity index (χ1v) is 12.6. The Balaban J connectivity index is 1.45. The topological polar surface area (TPSA) is 89.5 Å². The Morgan fingerprint density at radius 2 is 1.32 bits per heavy atom. The van der Waals surface area contributed by atoms with E-state index in [1.807, 2.05) is 30.3 Å². The number of carbonyl (C=O) groups excluding carboxylic acids is 2. The third kappa shape index (κ3) is 5.76. The molecule has 2 heterocycles. The quantitative estimate of drug-likeness (QED) is 0.345. The minimum atomic E-state index is -1.17. The van der Waals surface area contributed by atoms with E-state index in [9.17, 15) is 9.59 Å². The second-order valence-corrected chi connectivity index (χ2v) is 9.14. The maximum atomic E-state index is 13.3. The van der Waals surface area contributed by atoms with Gasteiger partial charge in [0.1, 0.15) is 12.2 Å². The molecule has 0 aliphatic carbocycles. The summed E-state index contributed by atoms with van der Waals surface area (Å²) in [6.45, 7) is 0.128. The summed E-state index contributed by atoms with van der Waals surface area (Å²) < 4.78 is 35.6. The molecule has 2 aliphatic heterocycles. The van der Waals surface area contributed by atoms with Crippen LogP contribution in [0.25, 0.3) is 0 Å². The lowest BCUT2D eigenvalue weighted by molar-refractivity contribution is -0.356. The first kappa shape index (κ1) is 27.1. The van der Waals surface area contributed by atoms with Crippen LogP contribution in [0.4, 0.5) is 0 Å². The van der Waals surface area contributed by atoms with Gasteiger partial charge < -0.3 is 28.4 Å². The lowest BCUT2D eigenvalue weighted by atomic mass is 9.97. The molecule has 0 spiro atoms. The maximum Gasteiger partial charge on any atom is 0.338 e. The number of carbonyl (C=O) groups is 2. The second kappa shape index (κ2) is 12.2. The van der Waals surface area contributed by atoms with Crippen LogP contribution in [-0.4, -0.2) is 56.4 Å². The van der Waals surface area contributed by atoms with Gasteiger partial charge in [0.05, 0.1) is 17.7 Å². The van der Waals surface area contributed by atoms with Crippen molar-refractivity contribution in [1.82, 2.24) is 0 Å². The Hall–Kier alpha value is -4.44. The molecule has 8 heteroatoms. The molecule has 202 valence electrons. The van der Waals surface area contributed by atoms with Crippen LogP contribution in [0.1, 0.15) is 43.7 Å². The average molecular weight is 539 g/mol. The third-order valence-corrected chi connectivity index (χ3v) is 6.65. The molecule has 0 aromatic heterocycles. The zero-order valence-corrected chi connectivity index (χ0v) is 21.6. The van der Waals surface area contributed by atoms with E-state index >= 15 is 0 Å². The molecule has 3 aromatic carbocycles. The summed E-state index contributed by atoms with van der Waals surface area (Å²) in [7, 11) is 1.41. The van der Waals surface area contributed by atoms with Gasteiger partial charge in [-0.25, -0.2) is 9.59 Å². The minimum absolute atomic E-state index is 0.128. The third-order valence-electron chi connectivity index (χ3n) is 6.65. The molecule has 6 atom stereocenters. The molecule has 0 amide bonds. The Morgan fingerprint density at radius 3 is 1.85 bits per heavy atom. The molecule has 0 radical (unpaired) electrons. The Morgan fingerprint density at radius 1 is 0.775 bits per heavy atom. The highest BCUT2D eigenvalue weighted by atomic mass is 16.8. The molecule has 2 aliphatic rings. The molecule has 1 unspecified atom stereocenters. The molecule has 5 rings (SSSR count). The van der Waals surface area contributed by atoms with Gasteiger partial charge in [0.25, 0.3) is 0 Å². The summed E-state index contributed by atoms with van der Waals surface area (Å²) in [4.78, 5) is 26.5. The van der Waals surface area contributed by atoms with Crippen LogP contribution in [0.5, 0.6) is 0 Å². The predicted octanol–water partition coefficient (Wildman–Crippen LogP) is 3.89. The van der Waals surface area contributed by atoms with Crippen molar-refractivity contribution in [3.8, 4) is 24.7 Å². The molecule has 40 heavy (non-hydrogen) atoms. The Bertz CT molecular complexity index is 1420. The lowest BCUT2D eigenvalue weighted by Gasteiger charge is -2.47. The van der Waals surface area contributed by atoms with Gasteiger partial charge >= 0.3 is 11.9 Å². The van der Waals surface area contributed by atoms with E-state index in [2.05, 4.69) is 11.8 Å². The Kier molecular flexibility index (Phi) is 8.26. The zero-order valence-electron chi connectivity index (χ0n) is 21.6. The van der Waals surface area contributed by atoms with Gasteiger partial charge in [0.15, 0.2) is 24.8 Å². The van der Waals surface area contributed by atoms with Crippen molar-refractivity contribution in [2.45, 2.75) is 37.0 Å². The molecule has 2 saturated heterocycles. The first-order chi connectivity index (χ1) is 19.5. The van der Waals surface area contributed by atoms with Crippen LogP contribution >= 0.6 is 0 Å². The second-order valence-electron chi connectivity index (χ2n) is 9.14. The molecule has 0 saturated carbocycles. The van der Waals surface area contributed by atoms with E-state index in [4.69, 9.17) is 41.3 Å². The predicted molar refractivity (Wildman–Crippen MR) is 143 cm³/mol. The molecular formula is C32H26O8. The van der Waals surface area contributed by atoms with E-state index in [1.54, 1.807) is 48.5 Å². The van der Waals surface area contributed by atoms with Crippen LogP contribution in [-0.2, 0) is 28.4 Å². The number of benzene rings is 3. The van der Waals surface area contributed by atoms with Crippen molar-refractivity contribution in [2.24, 2.45) is 0 Å². The summed E-state index contributed by atoms with van der Waals surface area (Å²) in [5.41, 5.74) is 2.51. The standard InChI is InChI=1S/C32H26O8/c1-4-20-11-15-22(16-12-20)29(33)38-27-26-25(19-36-31(40-26)24-9-7-6-8-10-24)37-32(35-3)28(27)39-30(34)23-17-13-21(5-2)14-18-23/h1-2,6-18,25-28,31-32H,19H2,3H3/t25-,26-,27+,28-,31?,32+/m1/s1. The highest BCUT2D eigenvalue weighted by molar-refractivity contribution is 5.90. The number of terminal acetylenes is 2. The summed E-state index contributed by atoms with van der Waals surface area (Å²) in [5.74, 6) is 3.68. The highest BCUT2D eigenvalue weighted by Crippen LogP contribution is 2.37. The van der Waals surface area contributed by atoms with Crippen molar-refractivity contribution in [3.05, 3.63) is 107 Å². The largest absolute Gasteiger partial charge is 0.452 e. The number of rotatable bonds is 6. The average Bonchev–Trinajstić information content (AvgIpc) is 3.02. The van der Waals surface area contributed by atoms with Crippen molar-refractivity contribution in [2.75, 3.05) is 13.7 Å². The number of methoxy groups -OCH3 is 1. The monoisotopic (exact) mass is 538 g/mol. The van der Waals surface area contributed by atoms with Gasteiger partial charge in [-0.15, -0.1) is 12.8 Å². The van der Waals surface area contributed by atoms with Crippen molar-refractivity contribution >= 4 is 11.9 Å². The number of ether oxygens (including phenoxy) is 6. The fourth-order valence-electron chi connectivity index (χ4n) is 4.56. The van der Waals surface area contributed by atoms with Crippen molar-refractivity contribution < 1.29 is 38.0 Å². The Labute approximate surface area is 232 Å². The number of hydrogen-bond donors (Lipinski definition) is 0. The van der Waals surface area contributed by atoms with Crippen LogP contribution in [0.15, 0.2) is 78.9 Å². The van der Waals surface area contributed by atoms with Crippen molar-refractivity contribution in [3.63, 3.8) is 0 Å². The van der Waals surface area contributed by atoms with Crippen molar-refractivity contribution in [1.29, 1.82) is 0 Å². The SMILES string of the molecule is C#Cc1ccc(C(=O)O[C@@H]2[C@@H](OC(=O)c3ccc(C#C)cc3)[C@@H](OC)O[C@@H]3COC(c4ccccc4)O[C@@H]23)cc1. The molecule has 0 N–H and O–H groups in total. The zero-order chi connectivity index (χ0) is 28.1. The summed E-state index contributed by atoms with van der Waals surface area (Å²) >= 11 is 0. The summed E-state index contributed by atoms with van der Waals surface area (Å²) in [6.07, 6.45) is 5.24. The first-order valence-electron chi connectivity index (χ1n) is 12.6. The molecule has 8 nitrogen and oxygen atoms in total. The summed E-state index contributed by atoms with van der Waals surface area (Å²) in [5, 5.41) is 0. The molecule has 3 aromatic rings. The van der Waals surface area contributed by atoms with Gasteiger partial charge in [0.2, 0.25) is 0 Å². The maximum absolute atomic E-state index is 13.3. The van der Waals surface area contributed by atoms with Crippen LogP contribution < -0.4 is 0 Å². The number of esters is 2. The van der Waals surface area contributed by atoms with Gasteiger partial charge in [-0.3, -0.25) is 0 Å². The fourth-order valence-corrected chi connectivity index (χ4v) is 4.56. The van der Waals surface area contributed by atoms with Gasteiger partial charge in [-0.05, 0) is 48.5 Å². The lowest BCUT2D eigenvalue weighted by Crippen LogP contribution is -2.64. The van der Waals surface area contributed by atoms with E-state index in [1.165, 1.54) is 7.11 Å². The van der Waals surface area contributed by atoms with Gasteiger partial charge in [-0.1, -0.05) is 42.2 Å². The summed E-state index contributed by atoms with van der Waals surface area (Å²) in [6, 6.07) is 22.1. The fraction of sp³-hybridized carbons (Fsp3) is 0.250. The smallest absolute Gasteiger partial charge is 0.338 e. The van der Waals surface area contributed by atoms with Crippen LogP contribution in [0, 0.1) is 24.7 Å². The normalized spacial score (nSPS) is 25.5. The van der Waals surface area contributed by atoms with Gasteiger partial charge in [-0.2, -0.15) is 0 Å². The van der Waals surface area contributed by atoms with E-state index < -0.39 is 48.9 Å². The van der Waals surface area contributed by atoms with Crippen LogP contribution in [0.2, 0.25) is 0 Å². The van der Waals surface area contributed by atoms with E-state index in [-0.39, 0.29) is 17.7 Å². The molecular weight excluding hydrogens is 512 g/mol. The molecule has 0 bridgehead atoms. The van der Waals surface area contributed by atoms with E-state index in [0.29, 0.717) is 11.1 Å². The van der Waals surface area contributed by atoms with Crippen LogP contribution in [0.3, 0.4) is 0 Å². The van der Waals surface area contributed by atoms with E-state index in [0.717, 1.165) is 5.56 Å². The molecule has 2 fully saturated rings. The highest BCUT2D eigenvalue weighted by Gasteiger charge is 2.54. The number of fused-ring (bicyclic) bond motifs is 1. The minimum Gasteiger partial charge on any atom is -0.452 e.